The Bertz CT molecular complexity index is 1970. The van der Waals surface area contributed by atoms with Crippen LogP contribution in [0.2, 0.25) is 0 Å². The number of nitrogens with two attached hydrogens (primary N) is 2. The molecule has 3 fully saturated rings. The minimum absolute atomic E-state index is 0.0233. The number of ether oxygens (including phenoxy) is 2. The monoisotopic (exact) mass is 711 g/mol. The van der Waals surface area contributed by atoms with Crippen molar-refractivity contribution in [2.24, 2.45) is 0 Å². The number of H-pyrrole nitrogens is 1. The molecule has 0 radical (unpaired) electrons. The highest BCUT2D eigenvalue weighted by atomic mass is 32.5. The summed E-state index contributed by atoms with van der Waals surface area (Å²) in [5.41, 5.74) is 10.4. The van der Waals surface area contributed by atoms with Crippen LogP contribution >= 0.6 is 13.4 Å². The summed E-state index contributed by atoms with van der Waals surface area (Å²) in [5.74, 6) is -2.96. The predicted octanol–water partition coefficient (Wildman–Crippen LogP) is -0.974. The molecule has 0 spiro atoms. The first-order valence-electron chi connectivity index (χ1n) is 12.7. The number of hydrogen-bond acceptors (Lipinski definition) is 17. The molecular weight excluding hydrogens is 690 g/mol. The SMILES string of the molecule is Nc1nc2c(nnn2[C@@H]2OC3COP(O)(=S)O[C@@H]4[C@@H](COP(O)(=S)O[C@@H]2[C@H]3F)OC[C@]4(F)n2cnc3c(N)ncnc32)c(=O)[nH]1. The lowest BCUT2D eigenvalue weighted by Gasteiger charge is -2.32. The van der Waals surface area contributed by atoms with Crippen molar-refractivity contribution in [3.05, 3.63) is 23.0 Å². The van der Waals surface area contributed by atoms with Crippen LogP contribution in [0.5, 0.6) is 0 Å². The van der Waals surface area contributed by atoms with Gasteiger partial charge in [-0.15, -0.1) is 5.10 Å². The lowest BCUT2D eigenvalue weighted by molar-refractivity contribution is -0.0663. The first-order chi connectivity index (χ1) is 21.3. The van der Waals surface area contributed by atoms with E-state index in [1.54, 1.807) is 0 Å². The van der Waals surface area contributed by atoms with Crippen molar-refractivity contribution < 1.29 is 46.1 Å². The second-order valence-corrected chi connectivity index (χ2v) is 15.6. The first-order valence-corrected chi connectivity index (χ1v) is 17.9. The number of nitrogens with one attached hydrogen (secondary N) is 1. The van der Waals surface area contributed by atoms with Crippen molar-refractivity contribution in [1.29, 1.82) is 0 Å². The highest BCUT2D eigenvalue weighted by Gasteiger charge is 2.57. The van der Waals surface area contributed by atoms with E-state index in [-0.39, 0.29) is 34.1 Å². The minimum atomic E-state index is -4.41. The van der Waals surface area contributed by atoms with Gasteiger partial charge in [-0.2, -0.15) is 9.67 Å². The molecule has 0 aliphatic carbocycles. The second-order valence-electron chi connectivity index (χ2n) is 10.0. The largest absolute Gasteiger partial charge is 0.382 e. The second kappa shape index (κ2) is 10.9. The summed E-state index contributed by atoms with van der Waals surface area (Å²) in [5, 5.41) is 7.55. The number of anilines is 2. The Morgan fingerprint density at radius 2 is 1.80 bits per heavy atom. The number of alkyl halides is 2. The molecule has 3 aliphatic rings. The van der Waals surface area contributed by atoms with Gasteiger partial charge in [0.2, 0.25) is 11.7 Å². The van der Waals surface area contributed by atoms with Gasteiger partial charge in [0, 0.05) is 0 Å². The fourth-order valence-electron chi connectivity index (χ4n) is 5.15. The molecule has 3 aliphatic heterocycles. The quantitative estimate of drug-likeness (QED) is 0.156. The maximum Gasteiger partial charge on any atom is 0.325 e. The molecular formula is C19H21F2N11O9P2S2. The predicted molar refractivity (Wildman–Crippen MR) is 152 cm³/mol. The third-order valence-corrected chi connectivity index (χ3v) is 10.3. The smallest absolute Gasteiger partial charge is 0.325 e. The number of nitrogens with zero attached hydrogens (tertiary/aromatic N) is 8. The van der Waals surface area contributed by atoms with Crippen LogP contribution in [0, 0.1) is 0 Å². The molecule has 3 unspecified atom stereocenters. The van der Waals surface area contributed by atoms with Gasteiger partial charge in [-0.1, -0.05) is 5.21 Å². The van der Waals surface area contributed by atoms with Crippen LogP contribution in [-0.2, 0) is 57.0 Å². The van der Waals surface area contributed by atoms with Crippen molar-refractivity contribution in [1.82, 2.24) is 44.5 Å². The Morgan fingerprint density at radius 1 is 1.07 bits per heavy atom. The van der Waals surface area contributed by atoms with E-state index in [9.17, 15) is 14.6 Å². The highest BCUT2D eigenvalue weighted by molar-refractivity contribution is 8.07. The zero-order valence-electron chi connectivity index (χ0n) is 22.2. The van der Waals surface area contributed by atoms with Crippen molar-refractivity contribution in [2.75, 3.05) is 31.3 Å². The highest BCUT2D eigenvalue weighted by Crippen LogP contribution is 2.55. The van der Waals surface area contributed by atoms with Gasteiger partial charge in [0.1, 0.15) is 36.8 Å². The fraction of sp³-hybridized carbons (Fsp3) is 0.526. The number of halogens is 2. The van der Waals surface area contributed by atoms with Crippen LogP contribution in [0.4, 0.5) is 20.5 Å². The number of aromatic nitrogens is 9. The van der Waals surface area contributed by atoms with E-state index in [1.807, 2.05) is 0 Å². The number of fused-ring (bicyclic) bond motifs is 5. The third-order valence-electron chi connectivity index (χ3n) is 7.20. The van der Waals surface area contributed by atoms with Gasteiger partial charge in [-0.3, -0.25) is 23.4 Å². The Morgan fingerprint density at radius 3 is 2.58 bits per heavy atom. The molecule has 7 heterocycles. The lowest BCUT2D eigenvalue weighted by Crippen LogP contribution is -2.45. The van der Waals surface area contributed by atoms with Crippen molar-refractivity contribution in [3.63, 3.8) is 0 Å². The van der Waals surface area contributed by atoms with Crippen LogP contribution in [0.3, 0.4) is 0 Å². The van der Waals surface area contributed by atoms with Gasteiger partial charge in [-0.25, -0.2) is 23.7 Å². The summed E-state index contributed by atoms with van der Waals surface area (Å²) in [6.45, 7) is -10.9. The molecule has 3 saturated heterocycles. The Labute approximate surface area is 258 Å². The van der Waals surface area contributed by atoms with Gasteiger partial charge in [0.15, 0.2) is 41.1 Å². The van der Waals surface area contributed by atoms with Crippen LogP contribution in [0.25, 0.3) is 22.3 Å². The Balaban J connectivity index is 1.23. The molecule has 0 saturated carbocycles. The third kappa shape index (κ3) is 5.33. The van der Waals surface area contributed by atoms with E-state index in [0.29, 0.717) is 0 Å². The minimum Gasteiger partial charge on any atom is -0.382 e. The van der Waals surface area contributed by atoms with Gasteiger partial charge in [0.05, 0.1) is 19.5 Å². The molecule has 4 aromatic heterocycles. The summed E-state index contributed by atoms with van der Waals surface area (Å²) in [4.78, 5) is 52.4. The number of aromatic amines is 1. The lowest BCUT2D eigenvalue weighted by atomic mass is 10.1. The normalized spacial score (nSPS) is 37.7. The molecule has 4 aromatic rings. The van der Waals surface area contributed by atoms with E-state index in [1.165, 1.54) is 0 Å². The molecule has 9 atom stereocenters. The molecule has 0 aromatic carbocycles. The first kappa shape index (κ1) is 30.9. The maximum absolute atomic E-state index is 16.9. The summed E-state index contributed by atoms with van der Waals surface area (Å²) < 4.78 is 68.1. The van der Waals surface area contributed by atoms with Gasteiger partial charge >= 0.3 is 13.4 Å². The number of hydrogen-bond donors (Lipinski definition) is 5. The molecule has 20 nitrogen and oxygen atoms in total. The van der Waals surface area contributed by atoms with Gasteiger partial charge in [-0.05, 0) is 23.6 Å². The zero-order chi connectivity index (χ0) is 31.9. The van der Waals surface area contributed by atoms with Crippen LogP contribution in [-0.4, -0.2) is 105 Å². The standard InChI is InChI=1S/C19H21F2N11O9P2S2/c20-8-6-1-37-43(35,45)41-12-7(36-3-19(12,21)31-5-26-9-13(22)24-4-25-14(9)31)2-38-42(34,44)40-11(8)17(39-6)32-15-10(29-30-32)16(33)28-18(23)27-15/h4-8,11-12,17H,1-3H2,(H,34,44)(H,35,45)(H2,22,24,25)(H3,23,27,28,33)/t6?,7-,8+,11-,12-,17-,19+,42?,43?/m1/s1. The van der Waals surface area contributed by atoms with Crippen molar-refractivity contribution in [2.45, 2.75) is 42.6 Å². The summed E-state index contributed by atoms with van der Waals surface area (Å²) >= 11 is 10.3. The van der Waals surface area contributed by atoms with E-state index < -0.39 is 81.4 Å². The number of nitrogen functional groups attached to an aromatic ring is 2. The van der Waals surface area contributed by atoms with Gasteiger partial charge < -0.3 is 39.8 Å². The summed E-state index contributed by atoms with van der Waals surface area (Å²) in [6, 6.07) is 0. The van der Waals surface area contributed by atoms with E-state index in [4.69, 9.17) is 62.6 Å². The number of imidazole rings is 1. The molecule has 7 N–H and O–H groups in total. The van der Waals surface area contributed by atoms with Crippen LogP contribution in [0.15, 0.2) is 17.4 Å². The molecule has 45 heavy (non-hydrogen) atoms. The topological polar surface area (TPSA) is 268 Å². The summed E-state index contributed by atoms with van der Waals surface area (Å²) in [7, 11) is 0. The van der Waals surface area contributed by atoms with Crippen molar-refractivity contribution >= 4 is 71.1 Å². The Hall–Kier alpha value is -2.73. The molecule has 2 bridgehead atoms. The maximum atomic E-state index is 16.9. The summed E-state index contributed by atoms with van der Waals surface area (Å²) in [6.07, 6.45) is -7.95. The van der Waals surface area contributed by atoms with Gasteiger partial charge in [0.25, 0.3) is 5.56 Å². The van der Waals surface area contributed by atoms with Crippen LogP contribution in [0.1, 0.15) is 6.23 Å². The van der Waals surface area contributed by atoms with Crippen LogP contribution < -0.4 is 17.0 Å². The molecule has 0 amide bonds. The number of rotatable bonds is 2. The average Bonchev–Trinajstić information content (AvgIpc) is 3.73. The Kier molecular flexibility index (Phi) is 7.50. The van der Waals surface area contributed by atoms with E-state index in [0.717, 1.165) is 21.9 Å². The molecule has 26 heteroatoms. The molecule has 7 rings (SSSR count). The van der Waals surface area contributed by atoms with Crippen molar-refractivity contribution in [3.8, 4) is 0 Å². The molecule has 242 valence electrons. The zero-order valence-corrected chi connectivity index (χ0v) is 25.6. The van der Waals surface area contributed by atoms with E-state index in [2.05, 4.69) is 35.2 Å². The fourth-order valence-corrected chi connectivity index (χ4v) is 8.00. The van der Waals surface area contributed by atoms with E-state index >= 15 is 8.78 Å². The average molecular weight is 712 g/mol.